The molecule has 20 heavy (non-hydrogen) atoms. The number of allylic oxidation sites excluding steroid dienone is 2. The van der Waals surface area contributed by atoms with Crippen LogP contribution >= 0.6 is 22.6 Å². The summed E-state index contributed by atoms with van der Waals surface area (Å²) in [7, 11) is -1.79. The normalized spacial score (nSPS) is 15.5. The van der Waals surface area contributed by atoms with Crippen LogP contribution in [-0.2, 0) is 9.22 Å². The summed E-state index contributed by atoms with van der Waals surface area (Å²) in [5, 5.41) is 8.67. The number of carboxylic acid groups (broad SMARTS) is 1. The molecule has 1 N–H and O–H groups in total. The van der Waals surface area contributed by atoms with E-state index in [1.54, 1.807) is 6.08 Å². The van der Waals surface area contributed by atoms with Crippen molar-refractivity contribution in [3.05, 3.63) is 34.5 Å². The fourth-order valence-corrected chi connectivity index (χ4v) is 2.98. The van der Waals surface area contributed by atoms with Crippen LogP contribution in [0.25, 0.3) is 0 Å². The minimum absolute atomic E-state index is 0.0438. The predicted octanol–water partition coefficient (Wildman–Crippen LogP) is 4.91. The van der Waals surface area contributed by atoms with E-state index >= 15 is 0 Å². The molecule has 0 saturated heterocycles. The predicted molar refractivity (Wildman–Crippen MR) is 95.8 cm³/mol. The van der Waals surface area contributed by atoms with E-state index in [0.717, 1.165) is 12.5 Å². The highest BCUT2D eigenvalue weighted by Gasteiger charge is 2.38. The van der Waals surface area contributed by atoms with Crippen LogP contribution in [0.15, 0.2) is 34.5 Å². The highest BCUT2D eigenvalue weighted by molar-refractivity contribution is 14.1. The maximum Gasteiger partial charge on any atom is 0.328 e. The minimum Gasteiger partial charge on any atom is -0.478 e. The van der Waals surface area contributed by atoms with Crippen LogP contribution in [-0.4, -0.2) is 25.5 Å². The summed E-state index contributed by atoms with van der Waals surface area (Å²) in [6.07, 6.45) is 9.17. The zero-order valence-electron chi connectivity index (χ0n) is 12.9. The number of carboxylic acids is 1. The maximum atomic E-state index is 10.3. The Kier molecular flexibility index (Phi) is 8.61. The average molecular weight is 408 g/mol. The van der Waals surface area contributed by atoms with Gasteiger partial charge in [-0.05, 0) is 28.6 Å². The first kappa shape index (κ1) is 19.6. The Labute approximate surface area is 137 Å². The molecule has 0 saturated carbocycles. The monoisotopic (exact) mass is 408 g/mol. The summed E-state index contributed by atoms with van der Waals surface area (Å²) in [5.74, 6) is -0.934. The Morgan fingerprint density at radius 2 is 1.95 bits per heavy atom. The number of carbonyl (C=O) groups is 1. The third-order valence-corrected chi connectivity index (χ3v) is 8.31. The fourth-order valence-electron chi connectivity index (χ4n) is 1.23. The lowest BCUT2D eigenvalue weighted by Crippen LogP contribution is -2.43. The highest BCUT2D eigenvalue weighted by atomic mass is 127. The Balaban J connectivity index is 4.64. The third-order valence-electron chi connectivity index (χ3n) is 3.39. The first-order valence-corrected chi connectivity index (χ1v) is 10.8. The van der Waals surface area contributed by atoms with Crippen molar-refractivity contribution in [2.75, 3.05) is 0 Å². The van der Waals surface area contributed by atoms with Crippen molar-refractivity contribution in [2.24, 2.45) is 0 Å². The summed E-state index contributed by atoms with van der Waals surface area (Å²) in [4.78, 5) is 10.3. The fraction of sp³-hybridized carbons (Fsp3) is 0.533. The van der Waals surface area contributed by atoms with Crippen LogP contribution in [0.5, 0.6) is 0 Å². The molecule has 0 fully saturated rings. The molecule has 0 bridgehead atoms. The Hall–Kier alpha value is -0.403. The van der Waals surface area contributed by atoms with Gasteiger partial charge in [0.25, 0.3) is 0 Å². The van der Waals surface area contributed by atoms with Crippen molar-refractivity contribution in [1.29, 1.82) is 0 Å². The lowest BCUT2D eigenvalue weighted by Gasteiger charge is -2.38. The molecule has 0 radical (unpaired) electrons. The van der Waals surface area contributed by atoms with Crippen LogP contribution < -0.4 is 0 Å². The smallest absolute Gasteiger partial charge is 0.328 e. The molecule has 1 atom stereocenters. The van der Waals surface area contributed by atoms with Gasteiger partial charge in [0.1, 0.15) is 0 Å². The van der Waals surface area contributed by atoms with E-state index in [4.69, 9.17) is 9.53 Å². The molecule has 0 heterocycles. The van der Waals surface area contributed by atoms with Crippen LogP contribution in [0.1, 0.15) is 27.2 Å². The van der Waals surface area contributed by atoms with Crippen molar-refractivity contribution in [2.45, 2.75) is 51.4 Å². The molecule has 0 aromatic carbocycles. The van der Waals surface area contributed by atoms with Crippen molar-refractivity contribution in [3.8, 4) is 0 Å². The van der Waals surface area contributed by atoms with Crippen molar-refractivity contribution < 1.29 is 14.3 Å². The molecule has 0 amide bonds. The van der Waals surface area contributed by atoms with Gasteiger partial charge in [-0.15, -0.1) is 0 Å². The van der Waals surface area contributed by atoms with Gasteiger partial charge in [0.2, 0.25) is 0 Å². The molecule has 0 aliphatic heterocycles. The number of halogens is 1. The number of aliphatic carboxylic acids is 1. The van der Waals surface area contributed by atoms with Crippen molar-refractivity contribution >= 4 is 36.9 Å². The highest BCUT2D eigenvalue weighted by Crippen LogP contribution is 2.37. The van der Waals surface area contributed by atoms with E-state index in [1.807, 2.05) is 16.2 Å². The zero-order chi connectivity index (χ0) is 15.8. The zero-order valence-corrected chi connectivity index (χ0v) is 16.0. The van der Waals surface area contributed by atoms with Crippen molar-refractivity contribution in [3.63, 3.8) is 0 Å². The molecular weight excluding hydrogens is 383 g/mol. The summed E-state index contributed by atoms with van der Waals surface area (Å²) in [5.41, 5.74) is 0. The number of hydrogen-bond donors (Lipinski definition) is 1. The Morgan fingerprint density at radius 1 is 1.35 bits per heavy atom. The van der Waals surface area contributed by atoms with Gasteiger partial charge >= 0.3 is 5.97 Å². The van der Waals surface area contributed by atoms with Gasteiger partial charge in [0.05, 0.1) is 6.10 Å². The molecule has 0 unspecified atom stereocenters. The van der Waals surface area contributed by atoms with Gasteiger partial charge in [-0.2, -0.15) is 0 Å². The number of rotatable bonds is 7. The topological polar surface area (TPSA) is 46.5 Å². The van der Waals surface area contributed by atoms with E-state index in [2.05, 4.69) is 56.5 Å². The van der Waals surface area contributed by atoms with Gasteiger partial charge in [0, 0.05) is 6.08 Å². The van der Waals surface area contributed by atoms with Crippen LogP contribution in [0.4, 0.5) is 0 Å². The second kappa shape index (κ2) is 8.79. The second-order valence-electron chi connectivity index (χ2n) is 6.10. The summed E-state index contributed by atoms with van der Waals surface area (Å²) in [6, 6.07) is 0. The Morgan fingerprint density at radius 3 is 2.40 bits per heavy atom. The summed E-state index contributed by atoms with van der Waals surface area (Å²) < 4.78 is 8.29. The van der Waals surface area contributed by atoms with Gasteiger partial charge < -0.3 is 9.53 Å². The van der Waals surface area contributed by atoms with E-state index in [-0.39, 0.29) is 11.1 Å². The third kappa shape index (κ3) is 8.01. The standard InChI is InChI=1S/C15H25IO3Si/c1-15(2,3)20(4,5)19-13(11-12-16)9-7-6-8-10-14(17)18/h6-8,10-13H,9H2,1-5H3,(H,17,18)/b7-6+,10-8-,12-11+/t13-/m0/s1. The van der Waals surface area contributed by atoms with Gasteiger partial charge in [0.15, 0.2) is 8.32 Å². The molecule has 3 nitrogen and oxygen atoms in total. The molecule has 0 aliphatic rings. The molecule has 114 valence electrons. The largest absolute Gasteiger partial charge is 0.478 e. The van der Waals surface area contributed by atoms with Gasteiger partial charge in [-0.1, -0.05) is 67.7 Å². The molecular formula is C15H25IO3Si. The minimum atomic E-state index is -1.79. The summed E-state index contributed by atoms with van der Waals surface area (Å²) >= 11 is 2.19. The quantitative estimate of drug-likeness (QED) is 0.282. The van der Waals surface area contributed by atoms with Crippen LogP contribution in [0.2, 0.25) is 18.1 Å². The first-order chi connectivity index (χ1) is 9.10. The second-order valence-corrected chi connectivity index (χ2v) is 11.6. The Bertz CT molecular complexity index is 392. The first-order valence-electron chi connectivity index (χ1n) is 6.61. The lowest BCUT2D eigenvalue weighted by atomic mass is 10.2. The molecule has 0 aromatic heterocycles. The maximum absolute atomic E-state index is 10.3. The number of hydrogen-bond acceptors (Lipinski definition) is 2. The van der Waals surface area contributed by atoms with E-state index < -0.39 is 14.3 Å². The lowest BCUT2D eigenvalue weighted by molar-refractivity contribution is -0.131. The summed E-state index contributed by atoms with van der Waals surface area (Å²) in [6.45, 7) is 11.1. The molecule has 0 aliphatic carbocycles. The van der Waals surface area contributed by atoms with Gasteiger partial charge in [-0.3, -0.25) is 0 Å². The van der Waals surface area contributed by atoms with Crippen LogP contribution in [0, 0.1) is 0 Å². The van der Waals surface area contributed by atoms with E-state index in [9.17, 15) is 4.79 Å². The van der Waals surface area contributed by atoms with Gasteiger partial charge in [-0.25, -0.2) is 4.79 Å². The molecule has 0 rings (SSSR count). The van der Waals surface area contributed by atoms with E-state index in [1.165, 1.54) is 6.08 Å². The molecule has 0 spiro atoms. The van der Waals surface area contributed by atoms with E-state index in [0.29, 0.717) is 0 Å². The molecule has 5 heteroatoms. The molecule has 0 aromatic rings. The SMILES string of the molecule is CC(C)(C)[Si](C)(C)O[C@H](/C=C/I)C/C=C/C=C\C(=O)O. The average Bonchev–Trinajstić information content (AvgIpc) is 2.26. The van der Waals surface area contributed by atoms with Crippen molar-refractivity contribution in [1.82, 2.24) is 0 Å². The van der Waals surface area contributed by atoms with Crippen LogP contribution in [0.3, 0.4) is 0 Å².